The Bertz CT molecular complexity index is 555. The summed E-state index contributed by atoms with van der Waals surface area (Å²) in [7, 11) is 1.52. The molecule has 0 aliphatic heterocycles. The molecule has 0 saturated heterocycles. The Kier molecular flexibility index (Phi) is 4.82. The van der Waals surface area contributed by atoms with E-state index < -0.39 is 0 Å². The van der Waals surface area contributed by atoms with Gasteiger partial charge in [0.2, 0.25) is 0 Å². The molecular formula is C16H18FNO2. The van der Waals surface area contributed by atoms with Crippen molar-refractivity contribution in [3.8, 4) is 11.5 Å². The molecule has 3 nitrogen and oxygen atoms in total. The number of nitrogens with one attached hydrogen (secondary N) is 1. The largest absolute Gasteiger partial charge is 0.494 e. The summed E-state index contributed by atoms with van der Waals surface area (Å²) in [6.45, 7) is 3.16. The molecule has 2 rings (SSSR count). The van der Waals surface area contributed by atoms with Crippen LogP contribution in [0.3, 0.4) is 0 Å². The molecule has 1 N–H and O–H groups in total. The first-order valence-corrected chi connectivity index (χ1v) is 6.46. The Morgan fingerprint density at radius 3 is 2.55 bits per heavy atom. The third kappa shape index (κ3) is 3.88. The van der Waals surface area contributed by atoms with E-state index in [-0.39, 0.29) is 5.82 Å². The molecule has 2 aromatic carbocycles. The zero-order valence-corrected chi connectivity index (χ0v) is 11.7. The van der Waals surface area contributed by atoms with Crippen molar-refractivity contribution in [2.24, 2.45) is 0 Å². The summed E-state index contributed by atoms with van der Waals surface area (Å²) in [5.41, 5.74) is 1.95. The normalized spacial score (nSPS) is 10.2. The smallest absolute Gasteiger partial charge is 0.144 e. The minimum Gasteiger partial charge on any atom is -0.494 e. The number of halogens is 1. The van der Waals surface area contributed by atoms with Gasteiger partial charge in [0.15, 0.2) is 0 Å². The molecule has 0 radical (unpaired) electrons. The summed E-state index contributed by atoms with van der Waals surface area (Å²) in [4.78, 5) is 0. The van der Waals surface area contributed by atoms with Crippen LogP contribution in [0.25, 0.3) is 0 Å². The van der Waals surface area contributed by atoms with Crippen LogP contribution < -0.4 is 14.8 Å². The lowest BCUT2D eigenvalue weighted by atomic mass is 10.2. The van der Waals surface area contributed by atoms with Gasteiger partial charge in [-0.25, -0.2) is 4.39 Å². The molecule has 0 bridgehead atoms. The summed E-state index contributed by atoms with van der Waals surface area (Å²) < 4.78 is 23.8. The maximum Gasteiger partial charge on any atom is 0.144 e. The number of hydrogen-bond acceptors (Lipinski definition) is 3. The molecule has 0 fully saturated rings. The SMILES string of the molecule is COc1cc(F)ccc1NCCOc1ccc(C)cc1. The van der Waals surface area contributed by atoms with Crippen LogP contribution in [-0.2, 0) is 0 Å². The van der Waals surface area contributed by atoms with Gasteiger partial charge in [0, 0.05) is 12.6 Å². The van der Waals surface area contributed by atoms with E-state index in [2.05, 4.69) is 5.32 Å². The molecule has 0 amide bonds. The van der Waals surface area contributed by atoms with E-state index in [0.717, 1.165) is 11.4 Å². The summed E-state index contributed by atoms with van der Waals surface area (Å²) in [6.07, 6.45) is 0. The van der Waals surface area contributed by atoms with Crippen molar-refractivity contribution in [3.05, 3.63) is 53.8 Å². The zero-order valence-electron chi connectivity index (χ0n) is 11.7. The molecule has 0 aromatic heterocycles. The lowest BCUT2D eigenvalue weighted by Crippen LogP contribution is -2.12. The van der Waals surface area contributed by atoms with E-state index in [1.54, 1.807) is 6.07 Å². The minimum absolute atomic E-state index is 0.316. The van der Waals surface area contributed by atoms with Crippen molar-refractivity contribution in [3.63, 3.8) is 0 Å². The van der Waals surface area contributed by atoms with Gasteiger partial charge in [-0.15, -0.1) is 0 Å². The van der Waals surface area contributed by atoms with E-state index in [1.165, 1.54) is 24.8 Å². The second-order valence-corrected chi connectivity index (χ2v) is 4.43. The van der Waals surface area contributed by atoms with Crippen LogP contribution in [0.1, 0.15) is 5.56 Å². The fraction of sp³-hybridized carbons (Fsp3) is 0.250. The third-order valence-corrected chi connectivity index (χ3v) is 2.87. The average Bonchev–Trinajstić information content (AvgIpc) is 2.46. The molecule has 0 atom stereocenters. The molecule has 0 aliphatic carbocycles. The maximum atomic E-state index is 13.0. The Morgan fingerprint density at radius 1 is 1.10 bits per heavy atom. The van der Waals surface area contributed by atoms with Gasteiger partial charge in [0.25, 0.3) is 0 Å². The highest BCUT2D eigenvalue weighted by molar-refractivity contribution is 5.56. The fourth-order valence-corrected chi connectivity index (χ4v) is 1.80. The molecule has 0 saturated carbocycles. The molecule has 0 spiro atoms. The van der Waals surface area contributed by atoms with Crippen molar-refractivity contribution >= 4 is 5.69 Å². The van der Waals surface area contributed by atoms with E-state index in [0.29, 0.717) is 18.9 Å². The van der Waals surface area contributed by atoms with Crippen molar-refractivity contribution in [2.75, 3.05) is 25.6 Å². The van der Waals surface area contributed by atoms with Gasteiger partial charge in [0.1, 0.15) is 23.9 Å². The Morgan fingerprint density at radius 2 is 1.85 bits per heavy atom. The number of rotatable bonds is 6. The first-order chi connectivity index (χ1) is 9.69. The van der Waals surface area contributed by atoms with E-state index in [1.807, 2.05) is 31.2 Å². The number of hydrogen-bond donors (Lipinski definition) is 1. The van der Waals surface area contributed by atoms with Gasteiger partial charge in [-0.2, -0.15) is 0 Å². The lowest BCUT2D eigenvalue weighted by Gasteiger charge is -2.12. The van der Waals surface area contributed by atoms with Gasteiger partial charge in [-0.3, -0.25) is 0 Å². The van der Waals surface area contributed by atoms with Crippen LogP contribution in [0.2, 0.25) is 0 Å². The van der Waals surface area contributed by atoms with Crippen LogP contribution >= 0.6 is 0 Å². The van der Waals surface area contributed by atoms with Gasteiger partial charge in [-0.05, 0) is 31.2 Å². The molecule has 0 unspecified atom stereocenters. The first-order valence-electron chi connectivity index (χ1n) is 6.46. The maximum absolute atomic E-state index is 13.0. The lowest BCUT2D eigenvalue weighted by molar-refractivity contribution is 0.332. The van der Waals surface area contributed by atoms with E-state index >= 15 is 0 Å². The molecule has 0 aliphatic rings. The standard InChI is InChI=1S/C16H18FNO2/c1-12-3-6-14(7-4-12)20-10-9-18-15-8-5-13(17)11-16(15)19-2/h3-8,11,18H,9-10H2,1-2H3. The number of ether oxygens (including phenoxy) is 2. The fourth-order valence-electron chi connectivity index (χ4n) is 1.80. The van der Waals surface area contributed by atoms with E-state index in [4.69, 9.17) is 9.47 Å². The van der Waals surface area contributed by atoms with Crippen LogP contribution in [0.15, 0.2) is 42.5 Å². The quantitative estimate of drug-likeness (QED) is 0.817. The number of aryl methyl sites for hydroxylation is 1. The molecule has 106 valence electrons. The summed E-state index contributed by atoms with van der Waals surface area (Å²) in [5.74, 6) is 1.01. The highest BCUT2D eigenvalue weighted by Crippen LogP contribution is 2.24. The van der Waals surface area contributed by atoms with Crippen molar-refractivity contribution in [1.29, 1.82) is 0 Å². The van der Waals surface area contributed by atoms with E-state index in [9.17, 15) is 4.39 Å². The van der Waals surface area contributed by atoms with Crippen LogP contribution in [0, 0.1) is 12.7 Å². The van der Waals surface area contributed by atoms with Gasteiger partial charge in [0.05, 0.1) is 12.8 Å². The minimum atomic E-state index is -0.316. The van der Waals surface area contributed by atoms with Crippen molar-refractivity contribution in [2.45, 2.75) is 6.92 Å². The predicted molar refractivity (Wildman–Crippen MR) is 78.1 cm³/mol. The topological polar surface area (TPSA) is 30.5 Å². The highest BCUT2D eigenvalue weighted by Gasteiger charge is 2.03. The number of benzene rings is 2. The third-order valence-electron chi connectivity index (χ3n) is 2.87. The summed E-state index contributed by atoms with van der Waals surface area (Å²) >= 11 is 0. The molecular weight excluding hydrogens is 257 g/mol. The van der Waals surface area contributed by atoms with Gasteiger partial charge >= 0.3 is 0 Å². The summed E-state index contributed by atoms with van der Waals surface area (Å²) in [6, 6.07) is 12.3. The van der Waals surface area contributed by atoms with Gasteiger partial charge < -0.3 is 14.8 Å². The Hall–Kier alpha value is -2.23. The molecule has 0 heterocycles. The Labute approximate surface area is 118 Å². The van der Waals surface area contributed by atoms with Crippen LogP contribution in [0.5, 0.6) is 11.5 Å². The van der Waals surface area contributed by atoms with Crippen LogP contribution in [0.4, 0.5) is 10.1 Å². The second kappa shape index (κ2) is 6.80. The number of methoxy groups -OCH3 is 1. The highest BCUT2D eigenvalue weighted by atomic mass is 19.1. The molecule has 2 aromatic rings. The second-order valence-electron chi connectivity index (χ2n) is 4.43. The predicted octanol–water partition coefficient (Wildman–Crippen LogP) is 3.63. The zero-order chi connectivity index (χ0) is 14.4. The molecule has 20 heavy (non-hydrogen) atoms. The monoisotopic (exact) mass is 275 g/mol. The van der Waals surface area contributed by atoms with Crippen molar-refractivity contribution in [1.82, 2.24) is 0 Å². The number of anilines is 1. The van der Waals surface area contributed by atoms with Crippen molar-refractivity contribution < 1.29 is 13.9 Å². The summed E-state index contributed by atoms with van der Waals surface area (Å²) in [5, 5.41) is 3.16. The Balaban J connectivity index is 1.82. The van der Waals surface area contributed by atoms with Gasteiger partial charge in [-0.1, -0.05) is 17.7 Å². The molecule has 4 heteroatoms. The van der Waals surface area contributed by atoms with Crippen LogP contribution in [-0.4, -0.2) is 20.3 Å². The average molecular weight is 275 g/mol. The first kappa shape index (κ1) is 14.2.